The second-order valence-corrected chi connectivity index (χ2v) is 6.37. The van der Waals surface area contributed by atoms with E-state index in [9.17, 15) is 9.59 Å². The first-order chi connectivity index (χ1) is 11.4. The third-order valence-electron chi connectivity index (χ3n) is 3.15. The molecule has 0 spiro atoms. The number of carboxylic acids is 1. The molecule has 1 N–H and O–H groups in total. The molecule has 0 aromatic heterocycles. The molecule has 0 aliphatic carbocycles. The Bertz CT molecular complexity index is 766. The van der Waals surface area contributed by atoms with E-state index in [2.05, 4.69) is 15.9 Å². The number of benzene rings is 2. The number of nitrogens with zero attached hydrogens (tertiary/aromatic N) is 1. The van der Waals surface area contributed by atoms with Crippen LogP contribution in [0.5, 0.6) is 5.75 Å². The zero-order valence-electron chi connectivity index (χ0n) is 12.8. The van der Waals surface area contributed by atoms with Crippen molar-refractivity contribution in [1.82, 2.24) is 0 Å². The van der Waals surface area contributed by atoms with Gasteiger partial charge in [0.1, 0.15) is 11.5 Å². The third-order valence-corrected chi connectivity index (χ3v) is 4.38. The van der Waals surface area contributed by atoms with E-state index in [0.717, 1.165) is 4.47 Å². The van der Waals surface area contributed by atoms with Crippen LogP contribution in [0.3, 0.4) is 0 Å². The maximum absolute atomic E-state index is 11.5. The quantitative estimate of drug-likeness (QED) is 0.689. The largest absolute Gasteiger partial charge is 0.478 e. The van der Waals surface area contributed by atoms with Crippen LogP contribution in [0, 0.1) is 0 Å². The van der Waals surface area contributed by atoms with Gasteiger partial charge < -0.3 is 14.7 Å². The molecular formula is C17H15BrClNO4. The lowest BCUT2D eigenvalue weighted by atomic mass is 10.2. The van der Waals surface area contributed by atoms with Gasteiger partial charge in [-0.3, -0.25) is 4.79 Å². The topological polar surface area (TPSA) is 66.8 Å². The van der Waals surface area contributed by atoms with Crippen molar-refractivity contribution >= 4 is 45.0 Å². The lowest BCUT2D eigenvalue weighted by Crippen LogP contribution is -2.32. The Labute approximate surface area is 152 Å². The highest BCUT2D eigenvalue weighted by Crippen LogP contribution is 2.27. The molecule has 0 fully saturated rings. The van der Waals surface area contributed by atoms with Crippen LogP contribution in [0.2, 0.25) is 5.02 Å². The molecule has 0 saturated heterocycles. The van der Waals surface area contributed by atoms with Crippen molar-refractivity contribution in [3.8, 4) is 5.75 Å². The number of halogens is 2. The molecule has 0 aliphatic rings. The van der Waals surface area contributed by atoms with E-state index in [0.29, 0.717) is 16.5 Å². The van der Waals surface area contributed by atoms with E-state index < -0.39 is 5.97 Å². The fourth-order valence-corrected chi connectivity index (χ4v) is 2.45. The molecule has 0 saturated carbocycles. The first-order valence-corrected chi connectivity index (χ1v) is 8.19. The maximum atomic E-state index is 11.5. The Morgan fingerprint density at radius 3 is 2.62 bits per heavy atom. The summed E-state index contributed by atoms with van der Waals surface area (Å²) in [5, 5.41) is 9.61. The van der Waals surface area contributed by atoms with Crippen molar-refractivity contribution in [3.05, 3.63) is 57.5 Å². The molecular weight excluding hydrogens is 398 g/mol. The maximum Gasteiger partial charge on any atom is 0.335 e. The molecule has 5 nitrogen and oxygen atoms in total. The van der Waals surface area contributed by atoms with Gasteiger partial charge in [-0.2, -0.15) is 0 Å². The summed E-state index contributed by atoms with van der Waals surface area (Å²) in [6.45, 7) is 1.65. The summed E-state index contributed by atoms with van der Waals surface area (Å²) in [4.78, 5) is 24.3. The molecule has 0 atom stereocenters. The number of hydrogen-bond donors (Lipinski definition) is 1. The second kappa shape index (κ2) is 8.17. The summed E-state index contributed by atoms with van der Waals surface area (Å²) in [6, 6.07) is 11.5. The highest BCUT2D eigenvalue weighted by atomic mass is 79.9. The minimum atomic E-state index is -1.03. The van der Waals surface area contributed by atoms with E-state index in [4.69, 9.17) is 21.4 Å². The van der Waals surface area contributed by atoms with Crippen LogP contribution >= 0.6 is 27.5 Å². The van der Waals surface area contributed by atoms with Crippen molar-refractivity contribution in [2.75, 3.05) is 18.2 Å². The standard InChI is InChI=1S/C17H15BrClNO4/c1-11(21)9-20(13-4-2-3-12(7-13)17(22)23)10-24-14-5-6-15(18)16(19)8-14/h2-8H,9-10H2,1H3,(H,22,23). The van der Waals surface area contributed by atoms with Crippen LogP contribution in [0.15, 0.2) is 46.9 Å². The average molecular weight is 413 g/mol. The Hall–Kier alpha value is -2.05. The van der Waals surface area contributed by atoms with E-state index in [-0.39, 0.29) is 24.6 Å². The molecule has 0 bridgehead atoms. The Morgan fingerprint density at radius 1 is 1.25 bits per heavy atom. The third kappa shape index (κ3) is 4.97. The van der Waals surface area contributed by atoms with Gasteiger partial charge in [0.2, 0.25) is 0 Å². The Balaban J connectivity index is 2.19. The number of aromatic carboxylic acids is 1. The highest BCUT2D eigenvalue weighted by Gasteiger charge is 2.12. The smallest absolute Gasteiger partial charge is 0.335 e. The van der Waals surface area contributed by atoms with Crippen LogP contribution in [0.4, 0.5) is 5.69 Å². The van der Waals surface area contributed by atoms with Crippen molar-refractivity contribution in [2.24, 2.45) is 0 Å². The fourth-order valence-electron chi connectivity index (χ4n) is 2.03. The lowest BCUT2D eigenvalue weighted by Gasteiger charge is -2.24. The fraction of sp³-hybridized carbons (Fsp3) is 0.176. The number of anilines is 1. The number of carboxylic acid groups (broad SMARTS) is 1. The first kappa shape index (κ1) is 18.3. The molecule has 7 heteroatoms. The van der Waals surface area contributed by atoms with Crippen LogP contribution in [-0.4, -0.2) is 30.1 Å². The monoisotopic (exact) mass is 411 g/mol. The van der Waals surface area contributed by atoms with Gasteiger partial charge in [0.15, 0.2) is 6.73 Å². The summed E-state index contributed by atoms with van der Waals surface area (Å²) in [6.07, 6.45) is 0. The summed E-state index contributed by atoms with van der Waals surface area (Å²) < 4.78 is 6.44. The van der Waals surface area contributed by atoms with Crippen molar-refractivity contribution in [3.63, 3.8) is 0 Å². The molecule has 24 heavy (non-hydrogen) atoms. The minimum Gasteiger partial charge on any atom is -0.478 e. The Kier molecular flexibility index (Phi) is 6.23. The molecule has 0 radical (unpaired) electrons. The van der Waals surface area contributed by atoms with Crippen LogP contribution in [0.25, 0.3) is 0 Å². The van der Waals surface area contributed by atoms with Crippen LogP contribution in [0.1, 0.15) is 17.3 Å². The molecule has 2 aromatic carbocycles. The van der Waals surface area contributed by atoms with Crippen LogP contribution < -0.4 is 9.64 Å². The van der Waals surface area contributed by atoms with Gasteiger partial charge in [0.05, 0.1) is 17.1 Å². The summed E-state index contributed by atoms with van der Waals surface area (Å²) in [7, 11) is 0. The number of rotatable bonds is 7. The zero-order valence-corrected chi connectivity index (χ0v) is 15.2. The molecule has 2 rings (SSSR count). The summed E-state index contributed by atoms with van der Waals surface area (Å²) in [5.74, 6) is -0.542. The number of carbonyl (C=O) groups is 2. The molecule has 2 aromatic rings. The van der Waals surface area contributed by atoms with Crippen molar-refractivity contribution in [2.45, 2.75) is 6.92 Å². The number of ether oxygens (including phenoxy) is 1. The number of carbonyl (C=O) groups excluding carboxylic acids is 1. The number of Topliss-reactive ketones (excluding diaryl/α,β-unsaturated/α-hetero) is 1. The second-order valence-electron chi connectivity index (χ2n) is 5.10. The number of hydrogen-bond acceptors (Lipinski definition) is 4. The van der Waals surface area contributed by atoms with Gasteiger partial charge >= 0.3 is 5.97 Å². The van der Waals surface area contributed by atoms with Gasteiger partial charge in [0.25, 0.3) is 0 Å². The van der Waals surface area contributed by atoms with Gasteiger partial charge in [-0.15, -0.1) is 0 Å². The molecule has 0 amide bonds. The first-order valence-electron chi connectivity index (χ1n) is 7.02. The summed E-state index contributed by atoms with van der Waals surface area (Å²) in [5.41, 5.74) is 0.737. The van der Waals surface area contributed by atoms with Crippen LogP contribution in [-0.2, 0) is 4.79 Å². The van der Waals surface area contributed by atoms with E-state index in [1.54, 1.807) is 35.2 Å². The predicted molar refractivity (Wildman–Crippen MR) is 96.1 cm³/mol. The minimum absolute atomic E-state index is 0.0619. The molecule has 126 valence electrons. The van der Waals surface area contributed by atoms with Crippen molar-refractivity contribution < 1.29 is 19.4 Å². The average Bonchev–Trinajstić information content (AvgIpc) is 2.54. The van der Waals surface area contributed by atoms with Gasteiger partial charge in [-0.05, 0) is 59.3 Å². The molecule has 0 heterocycles. The van der Waals surface area contributed by atoms with E-state index >= 15 is 0 Å². The lowest BCUT2D eigenvalue weighted by molar-refractivity contribution is -0.115. The number of ketones is 1. The Morgan fingerprint density at radius 2 is 2.00 bits per heavy atom. The van der Waals surface area contributed by atoms with Gasteiger partial charge in [0, 0.05) is 10.2 Å². The van der Waals surface area contributed by atoms with E-state index in [1.165, 1.54) is 19.1 Å². The van der Waals surface area contributed by atoms with Gasteiger partial charge in [-0.1, -0.05) is 17.7 Å². The molecule has 0 aliphatic heterocycles. The summed E-state index contributed by atoms with van der Waals surface area (Å²) >= 11 is 9.33. The SMILES string of the molecule is CC(=O)CN(COc1ccc(Br)c(Cl)c1)c1cccc(C(=O)O)c1. The normalized spacial score (nSPS) is 10.3. The van der Waals surface area contributed by atoms with Crippen molar-refractivity contribution in [1.29, 1.82) is 0 Å². The molecule has 0 unspecified atom stereocenters. The predicted octanol–water partition coefficient (Wildman–Crippen LogP) is 4.23. The zero-order chi connectivity index (χ0) is 17.7. The highest BCUT2D eigenvalue weighted by molar-refractivity contribution is 9.10. The van der Waals surface area contributed by atoms with Gasteiger partial charge in [-0.25, -0.2) is 4.79 Å². The van der Waals surface area contributed by atoms with E-state index in [1.807, 2.05) is 0 Å².